The van der Waals surface area contributed by atoms with Crippen molar-refractivity contribution in [3.63, 3.8) is 0 Å². The number of likely N-dealkylation sites (N-methyl/N-ethyl adjacent to an activating group) is 1. The molecular formula is C19H27Cl3FN5O. The normalized spacial score (nSPS) is 15.9. The lowest BCUT2D eigenvalue weighted by Crippen LogP contribution is -2.41. The van der Waals surface area contributed by atoms with Gasteiger partial charge in [-0.15, -0.1) is 24.8 Å². The van der Waals surface area contributed by atoms with E-state index in [9.17, 15) is 9.18 Å². The maximum absolute atomic E-state index is 14.5. The van der Waals surface area contributed by atoms with Crippen molar-refractivity contribution in [2.75, 3.05) is 26.7 Å². The van der Waals surface area contributed by atoms with Crippen LogP contribution in [0.4, 0.5) is 4.39 Å². The van der Waals surface area contributed by atoms with Crippen LogP contribution in [-0.4, -0.2) is 47.3 Å². The van der Waals surface area contributed by atoms with E-state index in [4.69, 9.17) is 11.6 Å². The standard InChI is InChI=1S/C19H25ClFN5O.2ClH/c1-22-18(13-10-24-25(2)12-13)19(27)23-11-16(26-8-3-4-9-26)17-14(20)6-5-7-15(17)21;;/h5-7,10,12,16,18,22H,3-4,8-9,11H2,1-2H3,(H,23,27);2*1H. The lowest BCUT2D eigenvalue weighted by atomic mass is 10.0. The molecule has 2 heterocycles. The molecule has 2 N–H and O–H groups in total. The number of aryl methyl sites for hydroxylation is 1. The minimum absolute atomic E-state index is 0. The van der Waals surface area contributed by atoms with Crippen LogP contribution in [0.5, 0.6) is 0 Å². The molecule has 0 bridgehead atoms. The Balaban J connectivity index is 0.00000210. The predicted molar refractivity (Wildman–Crippen MR) is 117 cm³/mol. The van der Waals surface area contributed by atoms with Crippen molar-refractivity contribution in [3.05, 3.63) is 52.6 Å². The number of carbonyl (C=O) groups excluding carboxylic acids is 1. The second-order valence-electron chi connectivity index (χ2n) is 6.81. The van der Waals surface area contributed by atoms with Gasteiger partial charge in [0.1, 0.15) is 11.9 Å². The van der Waals surface area contributed by atoms with Crippen molar-refractivity contribution in [1.29, 1.82) is 0 Å². The summed E-state index contributed by atoms with van der Waals surface area (Å²) < 4.78 is 16.2. The third-order valence-electron chi connectivity index (χ3n) is 4.99. The molecule has 0 spiro atoms. The van der Waals surface area contributed by atoms with Gasteiger partial charge in [-0.1, -0.05) is 17.7 Å². The molecule has 29 heavy (non-hydrogen) atoms. The fourth-order valence-electron chi connectivity index (χ4n) is 3.63. The van der Waals surface area contributed by atoms with E-state index >= 15 is 0 Å². The Morgan fingerprint density at radius 3 is 2.55 bits per heavy atom. The summed E-state index contributed by atoms with van der Waals surface area (Å²) in [6.07, 6.45) is 5.58. The number of likely N-dealkylation sites (tertiary alicyclic amines) is 1. The van der Waals surface area contributed by atoms with E-state index < -0.39 is 6.04 Å². The van der Waals surface area contributed by atoms with E-state index in [1.165, 1.54) is 6.07 Å². The summed E-state index contributed by atoms with van der Waals surface area (Å²) in [6, 6.07) is 3.89. The van der Waals surface area contributed by atoms with Crippen molar-refractivity contribution < 1.29 is 9.18 Å². The summed E-state index contributed by atoms with van der Waals surface area (Å²) in [5.74, 6) is -0.520. The van der Waals surface area contributed by atoms with E-state index in [0.29, 0.717) is 10.6 Å². The van der Waals surface area contributed by atoms with Crippen molar-refractivity contribution in [1.82, 2.24) is 25.3 Å². The van der Waals surface area contributed by atoms with Gasteiger partial charge < -0.3 is 10.6 Å². The monoisotopic (exact) mass is 465 g/mol. The van der Waals surface area contributed by atoms with Gasteiger partial charge in [0, 0.05) is 35.9 Å². The molecule has 0 saturated carbocycles. The van der Waals surface area contributed by atoms with E-state index in [2.05, 4.69) is 20.6 Å². The third kappa shape index (κ3) is 6.06. The number of nitrogens with one attached hydrogen (secondary N) is 2. The van der Waals surface area contributed by atoms with Crippen LogP contribution in [-0.2, 0) is 11.8 Å². The molecule has 3 rings (SSSR count). The zero-order chi connectivity index (χ0) is 19.4. The second-order valence-corrected chi connectivity index (χ2v) is 7.22. The molecule has 1 fully saturated rings. The van der Waals surface area contributed by atoms with Gasteiger partial charge in [0.25, 0.3) is 0 Å². The molecular weight excluding hydrogens is 440 g/mol. The lowest BCUT2D eigenvalue weighted by molar-refractivity contribution is -0.123. The van der Waals surface area contributed by atoms with Gasteiger partial charge in [-0.3, -0.25) is 14.4 Å². The van der Waals surface area contributed by atoms with Crippen LogP contribution in [0.25, 0.3) is 0 Å². The highest BCUT2D eigenvalue weighted by molar-refractivity contribution is 6.31. The molecule has 10 heteroatoms. The summed E-state index contributed by atoms with van der Waals surface area (Å²) in [5.41, 5.74) is 1.22. The van der Waals surface area contributed by atoms with Crippen LogP contribution in [0.1, 0.15) is 36.1 Å². The van der Waals surface area contributed by atoms with Gasteiger partial charge >= 0.3 is 0 Å². The van der Waals surface area contributed by atoms with Gasteiger partial charge in [0.05, 0.1) is 12.2 Å². The molecule has 6 nitrogen and oxygen atoms in total. The number of aromatic nitrogens is 2. The van der Waals surface area contributed by atoms with Crippen molar-refractivity contribution in [2.24, 2.45) is 7.05 Å². The fraction of sp³-hybridized carbons (Fsp3) is 0.474. The van der Waals surface area contributed by atoms with Crippen LogP contribution in [0.3, 0.4) is 0 Å². The van der Waals surface area contributed by atoms with Crippen LogP contribution in [0, 0.1) is 5.82 Å². The van der Waals surface area contributed by atoms with Crippen molar-refractivity contribution in [3.8, 4) is 0 Å². The summed E-state index contributed by atoms with van der Waals surface area (Å²) in [6.45, 7) is 2.02. The Bertz CT molecular complexity index is 778. The molecule has 0 aliphatic carbocycles. The first-order chi connectivity index (χ1) is 13.0. The highest BCUT2D eigenvalue weighted by Crippen LogP contribution is 2.32. The SMILES string of the molecule is CNC(C(=O)NCC(c1c(F)cccc1Cl)N1CCCC1)c1cnn(C)c1.Cl.Cl. The Morgan fingerprint density at radius 2 is 2.00 bits per heavy atom. The minimum atomic E-state index is -0.519. The summed E-state index contributed by atoms with van der Waals surface area (Å²) in [5, 5.41) is 10.5. The second kappa shape index (κ2) is 11.7. The Hall–Kier alpha value is -1.38. The largest absolute Gasteiger partial charge is 0.353 e. The van der Waals surface area contributed by atoms with Crippen molar-refractivity contribution in [2.45, 2.75) is 24.9 Å². The first-order valence-electron chi connectivity index (χ1n) is 9.12. The number of carbonyl (C=O) groups is 1. The fourth-order valence-corrected chi connectivity index (χ4v) is 3.92. The van der Waals surface area contributed by atoms with Gasteiger partial charge in [0.2, 0.25) is 5.91 Å². The first-order valence-corrected chi connectivity index (χ1v) is 9.50. The van der Waals surface area contributed by atoms with Gasteiger partial charge in [-0.05, 0) is 45.1 Å². The van der Waals surface area contributed by atoms with Gasteiger partial charge in [0.15, 0.2) is 0 Å². The Labute approximate surface area is 188 Å². The minimum Gasteiger partial charge on any atom is -0.353 e. The van der Waals surface area contributed by atoms with Crippen LogP contribution in [0.15, 0.2) is 30.6 Å². The molecule has 162 valence electrons. The molecule has 1 aliphatic heterocycles. The quantitative estimate of drug-likeness (QED) is 0.657. The predicted octanol–water partition coefficient (Wildman–Crippen LogP) is 3.27. The molecule has 2 atom stereocenters. The molecule has 0 radical (unpaired) electrons. The summed E-state index contributed by atoms with van der Waals surface area (Å²) in [7, 11) is 3.53. The number of rotatable bonds is 7. The number of benzene rings is 1. The zero-order valence-electron chi connectivity index (χ0n) is 16.4. The van der Waals surface area contributed by atoms with Crippen LogP contribution < -0.4 is 10.6 Å². The molecule has 1 aromatic heterocycles. The highest BCUT2D eigenvalue weighted by atomic mass is 35.5. The Morgan fingerprint density at radius 1 is 1.31 bits per heavy atom. The summed E-state index contributed by atoms with van der Waals surface area (Å²) >= 11 is 6.30. The number of hydrogen-bond acceptors (Lipinski definition) is 4. The maximum atomic E-state index is 14.5. The number of nitrogens with zero attached hydrogens (tertiary/aromatic N) is 3. The number of halogens is 4. The Kier molecular flexibility index (Phi) is 10.4. The maximum Gasteiger partial charge on any atom is 0.241 e. The first kappa shape index (κ1) is 25.7. The molecule has 2 aromatic rings. The third-order valence-corrected chi connectivity index (χ3v) is 5.32. The topological polar surface area (TPSA) is 62.2 Å². The van der Waals surface area contributed by atoms with Gasteiger partial charge in [-0.25, -0.2) is 4.39 Å². The lowest BCUT2D eigenvalue weighted by Gasteiger charge is -2.29. The summed E-state index contributed by atoms with van der Waals surface area (Å²) in [4.78, 5) is 14.9. The van der Waals surface area contributed by atoms with E-state index in [1.54, 1.807) is 43.3 Å². The van der Waals surface area contributed by atoms with Crippen LogP contribution >= 0.6 is 36.4 Å². The van der Waals surface area contributed by atoms with Crippen LogP contribution in [0.2, 0.25) is 5.02 Å². The molecule has 1 saturated heterocycles. The number of hydrogen-bond donors (Lipinski definition) is 2. The smallest absolute Gasteiger partial charge is 0.241 e. The molecule has 1 aromatic carbocycles. The zero-order valence-corrected chi connectivity index (χ0v) is 18.8. The van der Waals surface area contributed by atoms with E-state index in [1.807, 2.05) is 0 Å². The average Bonchev–Trinajstić information content (AvgIpc) is 3.30. The number of amides is 1. The van der Waals surface area contributed by atoms with Gasteiger partial charge in [-0.2, -0.15) is 5.10 Å². The molecule has 1 aliphatic rings. The average molecular weight is 467 g/mol. The highest BCUT2D eigenvalue weighted by Gasteiger charge is 2.29. The molecule has 2 unspecified atom stereocenters. The van der Waals surface area contributed by atoms with E-state index in [0.717, 1.165) is 31.5 Å². The molecule has 1 amide bonds. The van der Waals surface area contributed by atoms with E-state index in [-0.39, 0.29) is 49.1 Å². The van der Waals surface area contributed by atoms with Crippen molar-refractivity contribution >= 4 is 42.3 Å².